The van der Waals surface area contributed by atoms with Crippen molar-refractivity contribution in [1.29, 1.82) is 0 Å². The van der Waals surface area contributed by atoms with Gasteiger partial charge in [-0.25, -0.2) is 4.79 Å². The maximum atomic E-state index is 13.3. The number of thiophene rings is 1. The minimum atomic E-state index is -0.490. The van der Waals surface area contributed by atoms with Gasteiger partial charge in [-0.2, -0.15) is 0 Å². The topological polar surface area (TPSA) is 86.5 Å². The van der Waals surface area contributed by atoms with Crippen LogP contribution >= 0.6 is 22.9 Å². The van der Waals surface area contributed by atoms with Crippen LogP contribution < -0.4 is 0 Å². The number of nitrogens with zero attached hydrogens (tertiary/aromatic N) is 1. The first-order chi connectivity index (χ1) is 14.9. The van der Waals surface area contributed by atoms with Crippen molar-refractivity contribution in [3.05, 3.63) is 85.2 Å². The number of nitro groups is 1. The molecule has 31 heavy (non-hydrogen) atoms. The maximum absolute atomic E-state index is 13.3. The second kappa shape index (κ2) is 8.61. The molecule has 1 unspecified atom stereocenters. The van der Waals surface area contributed by atoms with Crippen LogP contribution in [0.15, 0.2) is 48.5 Å². The molecule has 8 heteroatoms. The molecule has 0 spiro atoms. The first-order valence-electron chi connectivity index (χ1n) is 9.78. The zero-order valence-corrected chi connectivity index (χ0v) is 18.2. The molecule has 1 aliphatic rings. The van der Waals surface area contributed by atoms with E-state index in [2.05, 4.69) is 0 Å². The van der Waals surface area contributed by atoms with E-state index in [9.17, 15) is 19.7 Å². The van der Waals surface area contributed by atoms with Gasteiger partial charge < -0.3 is 4.74 Å². The van der Waals surface area contributed by atoms with Crippen molar-refractivity contribution in [3.8, 4) is 10.4 Å². The lowest BCUT2D eigenvalue weighted by molar-refractivity contribution is -0.384. The van der Waals surface area contributed by atoms with Crippen LogP contribution in [-0.2, 0) is 11.2 Å². The first kappa shape index (κ1) is 21.2. The number of Topliss-reactive ketones (excluding diaryl/α,β-unsaturated/α-hetero) is 1. The molecule has 0 saturated heterocycles. The molecule has 0 N–H and O–H groups in total. The van der Waals surface area contributed by atoms with Crippen LogP contribution in [0.25, 0.3) is 10.4 Å². The third-order valence-electron chi connectivity index (χ3n) is 5.35. The van der Waals surface area contributed by atoms with Crippen LogP contribution in [-0.4, -0.2) is 23.3 Å². The molecule has 0 fully saturated rings. The number of non-ortho nitro benzene ring substituents is 1. The average molecular weight is 456 g/mol. The van der Waals surface area contributed by atoms with Gasteiger partial charge in [0.15, 0.2) is 5.78 Å². The van der Waals surface area contributed by atoms with E-state index in [-0.39, 0.29) is 18.1 Å². The summed E-state index contributed by atoms with van der Waals surface area (Å²) in [6.07, 6.45) is 1.04. The number of rotatable bonds is 5. The van der Waals surface area contributed by atoms with Gasteiger partial charge in [-0.1, -0.05) is 35.9 Å². The summed E-state index contributed by atoms with van der Waals surface area (Å²) in [6, 6.07) is 13.3. The molecule has 0 radical (unpaired) electrons. The van der Waals surface area contributed by atoms with Crippen molar-refractivity contribution in [3.63, 3.8) is 0 Å². The molecular weight excluding hydrogens is 438 g/mol. The number of carbonyl (C=O) groups is 2. The van der Waals surface area contributed by atoms with E-state index in [1.54, 1.807) is 6.92 Å². The van der Waals surface area contributed by atoms with Crippen molar-refractivity contribution in [2.75, 3.05) is 6.61 Å². The summed E-state index contributed by atoms with van der Waals surface area (Å²) in [5.74, 6) is -0.958. The fourth-order valence-corrected chi connectivity index (χ4v) is 5.51. The van der Waals surface area contributed by atoms with Crippen LogP contribution in [0.1, 0.15) is 50.4 Å². The lowest BCUT2D eigenvalue weighted by atomic mass is 9.86. The number of fused-ring (bicyclic) bond motifs is 3. The molecule has 2 aromatic carbocycles. The van der Waals surface area contributed by atoms with Gasteiger partial charge in [0.25, 0.3) is 5.69 Å². The molecule has 1 aromatic heterocycles. The molecule has 1 atom stereocenters. The van der Waals surface area contributed by atoms with Gasteiger partial charge in [0.05, 0.1) is 16.6 Å². The van der Waals surface area contributed by atoms with E-state index >= 15 is 0 Å². The highest BCUT2D eigenvalue weighted by molar-refractivity contribution is 7.18. The van der Waals surface area contributed by atoms with Gasteiger partial charge in [-0.05, 0) is 48.6 Å². The summed E-state index contributed by atoms with van der Waals surface area (Å²) in [6.45, 7) is 2.01. The Morgan fingerprint density at radius 3 is 2.58 bits per heavy atom. The van der Waals surface area contributed by atoms with Crippen LogP contribution in [0.2, 0.25) is 5.02 Å². The van der Waals surface area contributed by atoms with Crippen molar-refractivity contribution < 1.29 is 19.2 Å². The molecule has 158 valence electrons. The minimum absolute atomic E-state index is 0.0572. The van der Waals surface area contributed by atoms with Crippen LogP contribution in [0, 0.1) is 10.1 Å². The third-order valence-corrected chi connectivity index (χ3v) is 7.12. The number of hydrogen-bond acceptors (Lipinski definition) is 6. The Balaban J connectivity index is 1.75. The van der Waals surface area contributed by atoms with E-state index in [1.807, 2.05) is 24.3 Å². The largest absolute Gasteiger partial charge is 0.462 e. The molecule has 1 heterocycles. The average Bonchev–Trinajstić information content (AvgIpc) is 3.01. The second-order valence-electron chi connectivity index (χ2n) is 7.12. The number of ketones is 1. The molecule has 0 saturated carbocycles. The Hall–Kier alpha value is -3.03. The number of benzene rings is 2. The van der Waals surface area contributed by atoms with Crippen molar-refractivity contribution >= 4 is 40.4 Å². The van der Waals surface area contributed by atoms with E-state index in [0.717, 1.165) is 21.6 Å². The Morgan fingerprint density at radius 1 is 1.19 bits per heavy atom. The minimum Gasteiger partial charge on any atom is -0.462 e. The van der Waals surface area contributed by atoms with Crippen molar-refractivity contribution in [2.45, 2.75) is 25.7 Å². The number of nitro benzene ring substituents is 1. The summed E-state index contributed by atoms with van der Waals surface area (Å²) < 4.78 is 5.13. The summed E-state index contributed by atoms with van der Waals surface area (Å²) in [7, 11) is 0. The number of esters is 1. The zero-order valence-electron chi connectivity index (χ0n) is 16.6. The Labute approximate surface area is 187 Å². The summed E-state index contributed by atoms with van der Waals surface area (Å²) in [5.41, 5.74) is 2.95. The van der Waals surface area contributed by atoms with Gasteiger partial charge in [-0.15, -0.1) is 11.3 Å². The number of ether oxygens (including phenoxy) is 1. The van der Waals surface area contributed by atoms with Gasteiger partial charge in [0.1, 0.15) is 4.88 Å². The smallest absolute Gasteiger partial charge is 0.349 e. The standard InChI is InChI=1S/C23H18ClNO5S/c1-2-30-23(27)22-19(24)18-12-11-16(15-5-3-4-6-17(15)21(18)31-22)20(26)13-7-9-14(10-8-13)25(28)29/h3-10,16H,2,11-12H2,1H3. The molecule has 6 nitrogen and oxygen atoms in total. The van der Waals surface area contributed by atoms with Gasteiger partial charge in [0, 0.05) is 28.5 Å². The molecule has 4 rings (SSSR count). The van der Waals surface area contributed by atoms with Crippen LogP contribution in [0.5, 0.6) is 0 Å². The van der Waals surface area contributed by atoms with Gasteiger partial charge in [0.2, 0.25) is 0 Å². The molecule has 0 bridgehead atoms. The van der Waals surface area contributed by atoms with Gasteiger partial charge >= 0.3 is 5.97 Å². The lowest BCUT2D eigenvalue weighted by Crippen LogP contribution is -2.14. The van der Waals surface area contributed by atoms with Crippen LogP contribution in [0.3, 0.4) is 0 Å². The summed E-state index contributed by atoms with van der Waals surface area (Å²) in [4.78, 5) is 37.3. The Bertz CT molecular complexity index is 1190. The SMILES string of the molecule is CCOC(=O)c1sc2c(c1Cl)CCC(C(=O)c1ccc([N+](=O)[O-])cc1)c1ccccc1-2. The molecule has 1 aliphatic carbocycles. The number of halogens is 1. The fraction of sp³-hybridized carbons (Fsp3) is 0.217. The number of hydrogen-bond donors (Lipinski definition) is 0. The molecular formula is C23H18ClNO5S. The predicted octanol–water partition coefficient (Wildman–Crippen LogP) is 6.07. The van der Waals surface area contributed by atoms with E-state index in [4.69, 9.17) is 16.3 Å². The first-order valence-corrected chi connectivity index (χ1v) is 11.0. The maximum Gasteiger partial charge on any atom is 0.349 e. The molecule has 0 amide bonds. The molecule has 3 aromatic rings. The summed E-state index contributed by atoms with van der Waals surface area (Å²) in [5, 5.41) is 11.3. The highest BCUT2D eigenvalue weighted by atomic mass is 35.5. The Morgan fingerprint density at radius 2 is 1.90 bits per heavy atom. The van der Waals surface area contributed by atoms with E-state index in [0.29, 0.717) is 28.3 Å². The highest BCUT2D eigenvalue weighted by Crippen LogP contribution is 2.47. The zero-order chi connectivity index (χ0) is 22.1. The van der Waals surface area contributed by atoms with E-state index < -0.39 is 16.8 Å². The van der Waals surface area contributed by atoms with E-state index in [1.165, 1.54) is 35.6 Å². The molecule has 0 aliphatic heterocycles. The highest BCUT2D eigenvalue weighted by Gasteiger charge is 2.32. The van der Waals surface area contributed by atoms with Gasteiger partial charge in [-0.3, -0.25) is 14.9 Å². The Kier molecular flexibility index (Phi) is 5.89. The fourth-order valence-electron chi connectivity index (χ4n) is 3.89. The lowest BCUT2D eigenvalue weighted by Gasteiger charge is -2.17. The monoisotopic (exact) mass is 455 g/mol. The van der Waals surface area contributed by atoms with Crippen molar-refractivity contribution in [2.24, 2.45) is 0 Å². The van der Waals surface area contributed by atoms with Crippen molar-refractivity contribution in [1.82, 2.24) is 0 Å². The normalized spacial score (nSPS) is 14.8. The van der Waals surface area contributed by atoms with Crippen LogP contribution in [0.4, 0.5) is 5.69 Å². The number of carbonyl (C=O) groups excluding carboxylic acids is 2. The third kappa shape index (κ3) is 3.86. The second-order valence-corrected chi connectivity index (χ2v) is 8.52. The summed E-state index contributed by atoms with van der Waals surface area (Å²) >= 11 is 7.85. The predicted molar refractivity (Wildman–Crippen MR) is 119 cm³/mol. The quantitative estimate of drug-likeness (QED) is 0.202.